The van der Waals surface area contributed by atoms with Crippen molar-refractivity contribution in [1.82, 2.24) is 4.90 Å². The van der Waals surface area contributed by atoms with Crippen molar-refractivity contribution in [3.63, 3.8) is 0 Å². The van der Waals surface area contributed by atoms with Crippen molar-refractivity contribution in [1.29, 1.82) is 0 Å². The monoisotopic (exact) mass is 323 g/mol. The Hall–Kier alpha value is -0.830. The molecule has 1 aliphatic heterocycles. The van der Waals surface area contributed by atoms with Crippen LogP contribution in [0.15, 0.2) is 12.1 Å². The number of benzene rings is 1. The van der Waals surface area contributed by atoms with Gasteiger partial charge in [-0.3, -0.25) is 4.79 Å². The summed E-state index contributed by atoms with van der Waals surface area (Å²) in [5.74, 6) is 0.776. The number of carbonyl (C=O) groups excluding carboxylic acids is 1. The molecule has 2 unspecified atom stereocenters. The van der Waals surface area contributed by atoms with E-state index in [4.69, 9.17) is 0 Å². The Balaban J connectivity index is 2.35. The molecule has 0 radical (unpaired) electrons. The molecule has 1 saturated heterocycles. The maximum Gasteiger partial charge on any atom is 0.254 e. The minimum Gasteiger partial charge on any atom is -0.335 e. The number of hydrogen-bond acceptors (Lipinski definition) is 1. The highest BCUT2D eigenvalue weighted by atomic mass is 79.9. The summed E-state index contributed by atoms with van der Waals surface area (Å²) in [6.45, 7) is 9.26. The Morgan fingerprint density at radius 2 is 1.89 bits per heavy atom. The fourth-order valence-corrected chi connectivity index (χ4v) is 4.14. The van der Waals surface area contributed by atoms with Crippen molar-refractivity contribution in [2.45, 2.75) is 40.2 Å². The highest BCUT2D eigenvalue weighted by molar-refractivity contribution is 9.09. The van der Waals surface area contributed by atoms with E-state index < -0.39 is 0 Å². The number of likely N-dealkylation sites (tertiary alicyclic amines) is 1. The standard InChI is InChI=1S/C16H22BrNO/c1-10-7-12(3)15(13(4)8-10)16(19)18-6-5-11(2)14(18)9-17/h7-8,11,14H,5-6,9H2,1-4H3. The van der Waals surface area contributed by atoms with E-state index in [-0.39, 0.29) is 5.91 Å². The van der Waals surface area contributed by atoms with Gasteiger partial charge in [-0.25, -0.2) is 0 Å². The van der Waals surface area contributed by atoms with Gasteiger partial charge in [0.2, 0.25) is 0 Å². The molecule has 1 aliphatic rings. The number of alkyl halides is 1. The molecule has 1 fully saturated rings. The highest BCUT2D eigenvalue weighted by Crippen LogP contribution is 2.28. The van der Waals surface area contributed by atoms with Gasteiger partial charge in [0.1, 0.15) is 0 Å². The van der Waals surface area contributed by atoms with Gasteiger partial charge in [0.15, 0.2) is 0 Å². The molecule has 1 aromatic carbocycles. The summed E-state index contributed by atoms with van der Waals surface area (Å²) < 4.78 is 0. The number of aryl methyl sites for hydroxylation is 3. The van der Waals surface area contributed by atoms with Crippen LogP contribution < -0.4 is 0 Å². The molecule has 0 aromatic heterocycles. The fourth-order valence-electron chi connectivity index (χ4n) is 3.16. The first kappa shape index (κ1) is 14.6. The summed E-state index contributed by atoms with van der Waals surface area (Å²) in [5, 5.41) is 0.865. The van der Waals surface area contributed by atoms with Gasteiger partial charge < -0.3 is 4.90 Å². The van der Waals surface area contributed by atoms with E-state index in [1.807, 2.05) is 18.7 Å². The quantitative estimate of drug-likeness (QED) is 0.757. The van der Waals surface area contributed by atoms with Crippen LogP contribution in [0.25, 0.3) is 0 Å². The third kappa shape index (κ3) is 2.71. The Bertz CT molecular complexity index is 475. The molecule has 0 saturated carbocycles. The van der Waals surface area contributed by atoms with Crippen molar-refractivity contribution in [3.8, 4) is 0 Å². The lowest BCUT2D eigenvalue weighted by Gasteiger charge is -2.27. The molecular weight excluding hydrogens is 302 g/mol. The zero-order chi connectivity index (χ0) is 14.2. The van der Waals surface area contributed by atoms with Gasteiger partial charge in [0, 0.05) is 23.5 Å². The smallest absolute Gasteiger partial charge is 0.254 e. The lowest BCUT2D eigenvalue weighted by Crippen LogP contribution is -2.39. The Labute approximate surface area is 124 Å². The highest BCUT2D eigenvalue weighted by Gasteiger charge is 2.34. The molecule has 1 heterocycles. The molecule has 0 spiro atoms. The van der Waals surface area contributed by atoms with Crippen molar-refractivity contribution in [2.24, 2.45) is 5.92 Å². The predicted octanol–water partition coefficient (Wildman–Crippen LogP) is 3.86. The molecule has 1 aromatic rings. The first-order valence-electron chi connectivity index (χ1n) is 6.90. The lowest BCUT2D eigenvalue weighted by atomic mass is 9.98. The first-order chi connectivity index (χ1) is 8.95. The number of rotatable bonds is 2. The SMILES string of the molecule is Cc1cc(C)c(C(=O)N2CCC(C)C2CBr)c(C)c1. The van der Waals surface area contributed by atoms with Crippen LogP contribution in [0.5, 0.6) is 0 Å². The molecule has 0 N–H and O–H groups in total. The fraction of sp³-hybridized carbons (Fsp3) is 0.562. The Morgan fingerprint density at radius 3 is 2.42 bits per heavy atom. The molecule has 0 aliphatic carbocycles. The second-order valence-electron chi connectivity index (χ2n) is 5.76. The van der Waals surface area contributed by atoms with E-state index in [9.17, 15) is 4.79 Å². The van der Waals surface area contributed by atoms with E-state index in [0.29, 0.717) is 12.0 Å². The maximum absolute atomic E-state index is 12.8. The third-order valence-electron chi connectivity index (χ3n) is 4.19. The van der Waals surface area contributed by atoms with E-state index in [2.05, 4.69) is 41.9 Å². The zero-order valence-electron chi connectivity index (χ0n) is 12.2. The van der Waals surface area contributed by atoms with Crippen molar-refractivity contribution in [2.75, 3.05) is 11.9 Å². The number of halogens is 1. The van der Waals surface area contributed by atoms with Crippen LogP contribution in [-0.2, 0) is 0 Å². The second kappa shape index (κ2) is 5.66. The van der Waals surface area contributed by atoms with Crippen LogP contribution in [0.1, 0.15) is 40.4 Å². The molecule has 2 rings (SSSR count). The van der Waals surface area contributed by atoms with Crippen LogP contribution in [0.3, 0.4) is 0 Å². The van der Waals surface area contributed by atoms with Gasteiger partial charge in [-0.1, -0.05) is 40.5 Å². The maximum atomic E-state index is 12.8. The zero-order valence-corrected chi connectivity index (χ0v) is 13.8. The van der Waals surface area contributed by atoms with Crippen LogP contribution in [0.4, 0.5) is 0 Å². The van der Waals surface area contributed by atoms with Gasteiger partial charge in [0.25, 0.3) is 5.91 Å². The molecular formula is C16H22BrNO. The van der Waals surface area contributed by atoms with Crippen molar-refractivity contribution in [3.05, 3.63) is 34.4 Å². The minimum atomic E-state index is 0.198. The number of nitrogens with zero attached hydrogens (tertiary/aromatic N) is 1. The van der Waals surface area contributed by atoms with Gasteiger partial charge >= 0.3 is 0 Å². The largest absolute Gasteiger partial charge is 0.335 e. The van der Waals surface area contributed by atoms with Gasteiger partial charge in [0.05, 0.1) is 0 Å². The topological polar surface area (TPSA) is 20.3 Å². The third-order valence-corrected chi connectivity index (χ3v) is 4.86. The lowest BCUT2D eigenvalue weighted by molar-refractivity contribution is 0.0737. The molecule has 2 nitrogen and oxygen atoms in total. The van der Waals surface area contributed by atoms with E-state index in [0.717, 1.165) is 35.0 Å². The summed E-state index contributed by atoms with van der Waals surface area (Å²) in [6.07, 6.45) is 1.10. The number of hydrogen-bond donors (Lipinski definition) is 0. The van der Waals surface area contributed by atoms with Crippen LogP contribution in [0, 0.1) is 26.7 Å². The van der Waals surface area contributed by atoms with Crippen LogP contribution in [-0.4, -0.2) is 28.7 Å². The minimum absolute atomic E-state index is 0.198. The molecule has 3 heteroatoms. The summed E-state index contributed by atoms with van der Waals surface area (Å²) in [5.41, 5.74) is 4.30. The molecule has 2 atom stereocenters. The summed E-state index contributed by atoms with van der Waals surface area (Å²) in [6, 6.07) is 4.53. The molecule has 104 valence electrons. The Kier molecular flexibility index (Phi) is 4.34. The number of carbonyl (C=O) groups is 1. The van der Waals surface area contributed by atoms with E-state index in [1.165, 1.54) is 5.56 Å². The summed E-state index contributed by atoms with van der Waals surface area (Å²) >= 11 is 3.55. The second-order valence-corrected chi connectivity index (χ2v) is 6.41. The van der Waals surface area contributed by atoms with E-state index in [1.54, 1.807) is 0 Å². The molecule has 1 amide bonds. The average molecular weight is 324 g/mol. The normalized spacial score (nSPS) is 22.9. The first-order valence-corrected chi connectivity index (χ1v) is 8.02. The number of amides is 1. The van der Waals surface area contributed by atoms with Crippen LogP contribution in [0.2, 0.25) is 0 Å². The van der Waals surface area contributed by atoms with E-state index >= 15 is 0 Å². The molecule has 0 bridgehead atoms. The average Bonchev–Trinajstić information content (AvgIpc) is 2.68. The van der Waals surface area contributed by atoms with Gasteiger partial charge in [-0.15, -0.1) is 0 Å². The van der Waals surface area contributed by atoms with Gasteiger partial charge in [-0.05, 0) is 44.2 Å². The van der Waals surface area contributed by atoms with Crippen molar-refractivity contribution >= 4 is 21.8 Å². The predicted molar refractivity (Wildman–Crippen MR) is 83.1 cm³/mol. The van der Waals surface area contributed by atoms with Gasteiger partial charge in [-0.2, -0.15) is 0 Å². The summed E-state index contributed by atoms with van der Waals surface area (Å²) in [7, 11) is 0. The molecule has 19 heavy (non-hydrogen) atoms. The Morgan fingerprint density at radius 1 is 1.32 bits per heavy atom. The van der Waals surface area contributed by atoms with Crippen LogP contribution >= 0.6 is 15.9 Å². The van der Waals surface area contributed by atoms with Crippen molar-refractivity contribution < 1.29 is 4.79 Å². The summed E-state index contributed by atoms with van der Waals surface area (Å²) in [4.78, 5) is 14.9.